The Morgan fingerprint density at radius 3 is 2.23 bits per heavy atom. The Morgan fingerprint density at radius 1 is 0.962 bits per heavy atom. The second-order valence-electron chi connectivity index (χ2n) is 5.16. The number of nitrogens with zero attached hydrogens (tertiary/aromatic N) is 2. The van der Waals surface area contributed by atoms with Crippen LogP contribution in [0.3, 0.4) is 0 Å². The number of allylic oxidation sites excluding steroid dienone is 3. The molecule has 0 aliphatic heterocycles. The van der Waals surface area contributed by atoms with Crippen molar-refractivity contribution >= 4 is 17.7 Å². The number of hydrogen-bond acceptors (Lipinski definition) is 2. The minimum atomic E-state index is 0.881. The van der Waals surface area contributed by atoms with Crippen LogP contribution < -0.4 is 0 Å². The first-order valence-electron chi connectivity index (χ1n) is 9.31. The molecule has 1 aliphatic rings. The molecular weight excluding hydrogens is 316 g/mol. The first-order valence-corrected chi connectivity index (χ1v) is 9.31. The molecule has 1 heterocycles. The first-order chi connectivity index (χ1) is 12.7. The van der Waals surface area contributed by atoms with Crippen LogP contribution in [0.15, 0.2) is 49.6 Å². The molecule has 0 fully saturated rings. The van der Waals surface area contributed by atoms with E-state index in [9.17, 15) is 0 Å². The largest absolute Gasteiger partial charge is 0.249 e. The Bertz CT molecular complexity index is 840. The summed E-state index contributed by atoms with van der Waals surface area (Å²) in [4.78, 5) is 9.63. The van der Waals surface area contributed by atoms with Crippen molar-refractivity contribution in [2.45, 2.75) is 41.5 Å². The number of rotatable bonds is 3. The molecule has 0 atom stereocenters. The zero-order valence-electron chi connectivity index (χ0n) is 16.9. The number of benzene rings is 1. The molecule has 2 nitrogen and oxygen atoms in total. The lowest BCUT2D eigenvalue weighted by molar-refractivity contribution is 1.10. The van der Waals surface area contributed by atoms with Crippen molar-refractivity contribution < 1.29 is 0 Å². The molecule has 1 aliphatic carbocycles. The van der Waals surface area contributed by atoms with Gasteiger partial charge in [0.2, 0.25) is 0 Å². The van der Waals surface area contributed by atoms with E-state index in [-0.39, 0.29) is 0 Å². The molecule has 2 aromatic rings. The maximum atomic E-state index is 4.83. The van der Waals surface area contributed by atoms with Gasteiger partial charge in [-0.25, -0.2) is 9.97 Å². The molecule has 0 radical (unpaired) electrons. The summed E-state index contributed by atoms with van der Waals surface area (Å²) in [5, 5.41) is 0. The minimum absolute atomic E-state index is 0.881. The summed E-state index contributed by atoms with van der Waals surface area (Å²) in [6, 6.07) is 6.22. The third-order valence-electron chi connectivity index (χ3n) is 3.88. The van der Waals surface area contributed by atoms with Crippen molar-refractivity contribution in [3.8, 4) is 11.3 Å². The van der Waals surface area contributed by atoms with E-state index in [0.717, 1.165) is 39.5 Å². The van der Waals surface area contributed by atoms with Gasteiger partial charge < -0.3 is 0 Å². The van der Waals surface area contributed by atoms with Crippen molar-refractivity contribution in [3.63, 3.8) is 0 Å². The van der Waals surface area contributed by atoms with Gasteiger partial charge in [0.1, 0.15) is 0 Å². The Kier molecular flexibility index (Phi) is 8.44. The van der Waals surface area contributed by atoms with Crippen LogP contribution in [0.2, 0.25) is 0 Å². The van der Waals surface area contributed by atoms with Gasteiger partial charge in [-0.3, -0.25) is 0 Å². The van der Waals surface area contributed by atoms with Crippen molar-refractivity contribution in [3.05, 3.63) is 77.8 Å². The Hall–Kier alpha value is -2.74. The van der Waals surface area contributed by atoms with Crippen LogP contribution in [0.5, 0.6) is 0 Å². The Morgan fingerprint density at radius 2 is 1.65 bits per heavy atom. The quantitative estimate of drug-likeness (QED) is 0.472. The molecule has 1 aromatic carbocycles. The fourth-order valence-corrected chi connectivity index (χ4v) is 2.86. The summed E-state index contributed by atoms with van der Waals surface area (Å²) in [5.74, 6) is 0. The molecule has 3 rings (SSSR count). The van der Waals surface area contributed by atoms with E-state index in [1.54, 1.807) is 6.08 Å². The van der Waals surface area contributed by atoms with Crippen LogP contribution in [-0.2, 0) is 0 Å². The summed E-state index contributed by atoms with van der Waals surface area (Å²) in [7, 11) is 0. The van der Waals surface area contributed by atoms with E-state index in [0.29, 0.717) is 0 Å². The zero-order valence-corrected chi connectivity index (χ0v) is 16.9. The highest BCUT2D eigenvalue weighted by molar-refractivity contribution is 6.01. The SMILES string of the molecule is C=C/C=C\c1nc2c(nc1C)-c1cccc(C=C)c1/C2=C\C.CC.CC. The molecule has 0 saturated heterocycles. The molecular formula is C24H30N2. The lowest BCUT2D eigenvalue weighted by atomic mass is 9.99. The predicted octanol–water partition coefficient (Wildman–Crippen LogP) is 7.11. The van der Waals surface area contributed by atoms with Gasteiger partial charge >= 0.3 is 0 Å². The topological polar surface area (TPSA) is 25.8 Å². The molecule has 0 N–H and O–H groups in total. The number of fused-ring (bicyclic) bond motifs is 3. The lowest BCUT2D eigenvalue weighted by Crippen LogP contribution is -1.97. The summed E-state index contributed by atoms with van der Waals surface area (Å²) >= 11 is 0. The van der Waals surface area contributed by atoms with Crippen LogP contribution in [0.25, 0.3) is 29.0 Å². The normalized spacial score (nSPS) is 12.5. The number of aryl methyl sites for hydroxylation is 1. The molecule has 0 spiro atoms. The van der Waals surface area contributed by atoms with Gasteiger partial charge in [-0.15, -0.1) is 0 Å². The second kappa shape index (κ2) is 10.3. The molecule has 0 unspecified atom stereocenters. The van der Waals surface area contributed by atoms with Crippen molar-refractivity contribution in [2.24, 2.45) is 0 Å². The van der Waals surface area contributed by atoms with Crippen molar-refractivity contribution in [1.82, 2.24) is 9.97 Å². The predicted molar refractivity (Wildman–Crippen MR) is 117 cm³/mol. The third kappa shape index (κ3) is 3.91. The van der Waals surface area contributed by atoms with Gasteiger partial charge in [0.25, 0.3) is 0 Å². The third-order valence-corrected chi connectivity index (χ3v) is 3.88. The average Bonchev–Trinajstić information content (AvgIpc) is 3.01. The highest BCUT2D eigenvalue weighted by Crippen LogP contribution is 2.44. The zero-order chi connectivity index (χ0) is 19.7. The first kappa shape index (κ1) is 21.3. The fourth-order valence-electron chi connectivity index (χ4n) is 2.86. The van der Waals surface area contributed by atoms with Crippen LogP contribution in [-0.4, -0.2) is 9.97 Å². The van der Waals surface area contributed by atoms with Crippen LogP contribution in [0.4, 0.5) is 0 Å². The highest BCUT2D eigenvalue weighted by Gasteiger charge is 2.28. The number of aromatic nitrogens is 2. The molecule has 0 amide bonds. The van der Waals surface area contributed by atoms with Gasteiger partial charge in [0.05, 0.1) is 22.8 Å². The smallest absolute Gasteiger partial charge is 0.0976 e. The Labute approximate surface area is 158 Å². The molecule has 0 bridgehead atoms. The summed E-state index contributed by atoms with van der Waals surface area (Å²) in [5.41, 5.74) is 8.26. The van der Waals surface area contributed by atoms with Gasteiger partial charge in [-0.2, -0.15) is 0 Å². The summed E-state index contributed by atoms with van der Waals surface area (Å²) < 4.78 is 0. The van der Waals surface area contributed by atoms with Crippen molar-refractivity contribution in [1.29, 1.82) is 0 Å². The number of hydrogen-bond donors (Lipinski definition) is 0. The van der Waals surface area contributed by atoms with E-state index in [4.69, 9.17) is 9.97 Å². The molecule has 1 aromatic heterocycles. The van der Waals surface area contributed by atoms with Gasteiger partial charge in [-0.05, 0) is 25.5 Å². The van der Waals surface area contributed by atoms with E-state index >= 15 is 0 Å². The van der Waals surface area contributed by atoms with Gasteiger partial charge in [-0.1, -0.05) is 83.4 Å². The summed E-state index contributed by atoms with van der Waals surface area (Å²) in [6.07, 6.45) is 9.56. The Balaban J connectivity index is 0.000000791. The second-order valence-corrected chi connectivity index (χ2v) is 5.16. The molecule has 136 valence electrons. The van der Waals surface area contributed by atoms with Gasteiger partial charge in [0, 0.05) is 16.7 Å². The monoisotopic (exact) mass is 346 g/mol. The molecule has 2 heteroatoms. The van der Waals surface area contributed by atoms with Crippen LogP contribution in [0, 0.1) is 6.92 Å². The van der Waals surface area contributed by atoms with Gasteiger partial charge in [0.15, 0.2) is 0 Å². The minimum Gasteiger partial charge on any atom is -0.249 e. The molecule has 0 saturated carbocycles. The van der Waals surface area contributed by atoms with Crippen molar-refractivity contribution in [2.75, 3.05) is 0 Å². The highest BCUT2D eigenvalue weighted by atomic mass is 14.9. The maximum absolute atomic E-state index is 4.83. The van der Waals surface area contributed by atoms with Crippen LogP contribution in [0.1, 0.15) is 62.8 Å². The van der Waals surface area contributed by atoms with E-state index in [1.165, 1.54) is 5.56 Å². The van der Waals surface area contributed by atoms with Crippen LogP contribution >= 0.6 is 0 Å². The van der Waals surface area contributed by atoms with E-state index in [2.05, 4.69) is 31.4 Å². The summed E-state index contributed by atoms with van der Waals surface area (Å²) in [6.45, 7) is 19.7. The fraction of sp³-hybridized carbons (Fsp3) is 0.250. The lowest BCUT2D eigenvalue weighted by Gasteiger charge is -2.05. The maximum Gasteiger partial charge on any atom is 0.0976 e. The molecule has 26 heavy (non-hydrogen) atoms. The standard InChI is InChI=1S/C20H18N2.2C2H6/c1-5-8-12-17-13(4)21-20-16-11-9-10-14(6-2)18(16)15(7-3)19(20)22-17;2*1-2/h5-12H,1-2H2,3-4H3;2*1-2H3/b12-8-,15-7+;;. The van der Waals surface area contributed by atoms with E-state index in [1.807, 2.05) is 65.8 Å². The van der Waals surface area contributed by atoms with E-state index < -0.39 is 0 Å². The average molecular weight is 347 g/mol.